The molecular formula is C51H74N4O8S4. The van der Waals surface area contributed by atoms with Gasteiger partial charge in [0.15, 0.2) is 0 Å². The van der Waals surface area contributed by atoms with Gasteiger partial charge in [-0.15, -0.1) is 0 Å². The third-order valence-electron chi connectivity index (χ3n) is 12.8. The minimum absolute atomic E-state index is 0.00172. The molecule has 0 atom stereocenters. The Morgan fingerprint density at radius 2 is 0.567 bits per heavy atom. The lowest BCUT2D eigenvalue weighted by molar-refractivity contribution is 0.327. The smallest absolute Gasteiger partial charge is 0.207 e. The first kappa shape index (κ1) is 54.5. The Kier molecular flexibility index (Phi) is 17.6. The summed E-state index contributed by atoms with van der Waals surface area (Å²) < 4.78 is 122. The van der Waals surface area contributed by atoms with Crippen molar-refractivity contribution in [1.29, 1.82) is 0 Å². The molecule has 5 rings (SSSR count). The van der Waals surface area contributed by atoms with Gasteiger partial charge in [-0.1, -0.05) is 77.7 Å². The maximum absolute atomic E-state index is 14.9. The average Bonchev–Trinajstić information content (AvgIpc) is 3.99. The van der Waals surface area contributed by atoms with E-state index in [2.05, 4.69) is 0 Å². The van der Waals surface area contributed by atoms with E-state index in [4.69, 9.17) is 0 Å². The van der Waals surface area contributed by atoms with Gasteiger partial charge in [-0.3, -0.25) is 0 Å². The van der Waals surface area contributed by atoms with Crippen molar-refractivity contribution in [1.82, 2.24) is 17.2 Å². The van der Waals surface area contributed by atoms with Crippen LogP contribution in [0.15, 0.2) is 68.1 Å². The van der Waals surface area contributed by atoms with Crippen LogP contribution in [-0.4, -0.2) is 103 Å². The van der Waals surface area contributed by atoms with Gasteiger partial charge in [0, 0.05) is 52.4 Å². The van der Waals surface area contributed by atoms with Gasteiger partial charge in [0.2, 0.25) is 40.1 Å². The third kappa shape index (κ3) is 12.5. The zero-order valence-electron chi connectivity index (χ0n) is 42.1. The number of benzene rings is 4. The standard InChI is InChI=1S/C51H74N4O8S4/c1-14-52(64(56,57)48-39(6)26-35(2)27-40(48)7)20-15-21-53(65(58,59)49-41(8)28-36(3)29-42(49)9)22-16-23-54(66(60,61)50-43(10)30-37(4)31-44(50)11)24-17-25-55(34-47-18-19-47)67(62,63)51-45(12)32-38(5)33-46(51)13/h26-33,47H,14-25,34H2,1-13H3. The molecule has 0 bridgehead atoms. The molecule has 16 heteroatoms. The van der Waals surface area contributed by atoms with Crippen molar-refractivity contribution in [2.45, 2.75) is 142 Å². The van der Waals surface area contributed by atoms with E-state index in [0.717, 1.165) is 35.1 Å². The molecule has 0 amide bonds. The maximum atomic E-state index is 14.9. The van der Waals surface area contributed by atoms with E-state index in [-0.39, 0.29) is 90.6 Å². The molecule has 0 aliphatic heterocycles. The molecule has 67 heavy (non-hydrogen) atoms. The molecule has 4 aromatic rings. The van der Waals surface area contributed by atoms with E-state index >= 15 is 0 Å². The first-order chi connectivity index (χ1) is 31.1. The van der Waals surface area contributed by atoms with Crippen molar-refractivity contribution in [3.63, 3.8) is 0 Å². The SMILES string of the molecule is CCN(CCCN(CCCN(CCCN(CC1CC1)S(=O)(=O)c1c(C)cc(C)cc1C)S(=O)(=O)c1c(C)cc(C)cc1C)S(=O)(=O)c1c(C)cc(C)cc1C)S(=O)(=O)c1c(C)cc(C)cc1C. The lowest BCUT2D eigenvalue weighted by Gasteiger charge is -2.29. The normalized spacial score (nSPS) is 14.0. The number of rotatable bonds is 23. The second kappa shape index (κ2) is 21.7. The van der Waals surface area contributed by atoms with Gasteiger partial charge in [-0.05, 0) is 166 Å². The van der Waals surface area contributed by atoms with Crippen molar-refractivity contribution < 1.29 is 33.7 Å². The second-order valence-electron chi connectivity index (χ2n) is 19.1. The predicted octanol–water partition coefficient (Wildman–Crippen LogP) is 9.05. The van der Waals surface area contributed by atoms with Crippen LogP contribution < -0.4 is 0 Å². The van der Waals surface area contributed by atoms with Crippen LogP contribution in [0, 0.1) is 89.0 Å². The monoisotopic (exact) mass is 998 g/mol. The summed E-state index contributed by atoms with van der Waals surface area (Å²) in [7, 11) is -16.1. The number of nitrogens with zero attached hydrogens (tertiary/aromatic N) is 4. The highest BCUT2D eigenvalue weighted by atomic mass is 32.2. The highest BCUT2D eigenvalue weighted by molar-refractivity contribution is 7.90. The third-order valence-corrected chi connectivity index (χ3v) is 21.6. The van der Waals surface area contributed by atoms with Gasteiger partial charge in [-0.2, -0.15) is 17.2 Å². The molecule has 0 unspecified atom stereocenters. The Hall–Kier alpha value is -3.48. The average molecular weight is 999 g/mol. The highest BCUT2D eigenvalue weighted by Crippen LogP contribution is 2.34. The summed E-state index contributed by atoms with van der Waals surface area (Å²) in [6, 6.07) is 14.7. The van der Waals surface area contributed by atoms with Gasteiger partial charge >= 0.3 is 0 Å². The topological polar surface area (TPSA) is 150 Å². The van der Waals surface area contributed by atoms with Crippen molar-refractivity contribution >= 4 is 40.1 Å². The van der Waals surface area contributed by atoms with Gasteiger partial charge in [0.25, 0.3) is 0 Å². The Bertz CT molecular complexity index is 2840. The minimum atomic E-state index is -4.16. The molecule has 0 N–H and O–H groups in total. The van der Waals surface area contributed by atoms with Crippen LogP contribution in [-0.2, 0) is 40.1 Å². The molecule has 0 spiro atoms. The fourth-order valence-electron chi connectivity index (χ4n) is 10.1. The van der Waals surface area contributed by atoms with Gasteiger partial charge in [0.1, 0.15) is 0 Å². The van der Waals surface area contributed by atoms with E-state index < -0.39 is 40.1 Å². The molecular weight excluding hydrogens is 925 g/mol. The summed E-state index contributed by atoms with van der Waals surface area (Å²) >= 11 is 0. The zero-order valence-corrected chi connectivity index (χ0v) is 45.3. The summed E-state index contributed by atoms with van der Waals surface area (Å²) in [5.74, 6) is 0.243. The van der Waals surface area contributed by atoms with E-state index in [1.165, 1.54) is 17.2 Å². The number of hydrogen-bond donors (Lipinski definition) is 0. The molecule has 1 aliphatic rings. The molecule has 0 saturated heterocycles. The van der Waals surface area contributed by atoms with Crippen molar-refractivity contribution in [3.8, 4) is 0 Å². The van der Waals surface area contributed by atoms with Crippen molar-refractivity contribution in [2.24, 2.45) is 5.92 Å². The fraction of sp³-hybridized carbons (Fsp3) is 0.529. The minimum Gasteiger partial charge on any atom is -0.207 e. The molecule has 0 aromatic heterocycles. The largest absolute Gasteiger partial charge is 0.243 e. The van der Waals surface area contributed by atoms with E-state index in [9.17, 15) is 33.7 Å². The zero-order chi connectivity index (χ0) is 50.0. The quantitative estimate of drug-likeness (QED) is 0.0715. The molecule has 370 valence electrons. The number of hydrogen-bond acceptors (Lipinski definition) is 8. The molecule has 1 fully saturated rings. The van der Waals surface area contributed by atoms with Crippen LogP contribution in [0.4, 0.5) is 0 Å². The maximum Gasteiger partial charge on any atom is 0.243 e. The lowest BCUT2D eigenvalue weighted by atomic mass is 10.1. The van der Waals surface area contributed by atoms with Crippen LogP contribution in [0.1, 0.15) is 106 Å². The molecule has 1 aliphatic carbocycles. The summed E-state index contributed by atoms with van der Waals surface area (Å²) in [6.45, 7) is 24.3. The summed E-state index contributed by atoms with van der Waals surface area (Å²) in [4.78, 5) is 0.899. The Labute approximate surface area is 404 Å². The fourth-order valence-corrected chi connectivity index (χ4v) is 17.9. The predicted molar refractivity (Wildman–Crippen MR) is 270 cm³/mol. The molecule has 4 aromatic carbocycles. The lowest BCUT2D eigenvalue weighted by Crippen LogP contribution is -2.40. The van der Waals surface area contributed by atoms with Crippen molar-refractivity contribution in [3.05, 3.63) is 115 Å². The van der Waals surface area contributed by atoms with E-state index in [1.807, 2.05) is 90.1 Å². The van der Waals surface area contributed by atoms with E-state index in [1.54, 1.807) is 48.5 Å². The second-order valence-corrected chi connectivity index (χ2v) is 26.6. The van der Waals surface area contributed by atoms with Crippen LogP contribution in [0.25, 0.3) is 0 Å². The van der Waals surface area contributed by atoms with Gasteiger partial charge in [-0.25, -0.2) is 33.7 Å². The van der Waals surface area contributed by atoms with Gasteiger partial charge < -0.3 is 0 Å². The Morgan fingerprint density at radius 1 is 0.358 bits per heavy atom. The number of aryl methyl sites for hydroxylation is 12. The Morgan fingerprint density at radius 3 is 0.806 bits per heavy atom. The summed E-state index contributed by atoms with van der Waals surface area (Å²) in [6.07, 6.45) is 2.39. The Balaban J connectivity index is 1.46. The first-order valence-electron chi connectivity index (χ1n) is 23.5. The summed E-state index contributed by atoms with van der Waals surface area (Å²) in [5.41, 5.74) is 8.76. The molecule has 0 heterocycles. The van der Waals surface area contributed by atoms with Crippen LogP contribution in [0.2, 0.25) is 0 Å². The molecule has 0 radical (unpaired) electrons. The van der Waals surface area contributed by atoms with Gasteiger partial charge in [0.05, 0.1) is 19.6 Å². The highest BCUT2D eigenvalue weighted by Gasteiger charge is 2.36. The summed E-state index contributed by atoms with van der Waals surface area (Å²) in [5, 5.41) is 0. The van der Waals surface area contributed by atoms with E-state index in [0.29, 0.717) is 51.1 Å². The molecule has 12 nitrogen and oxygen atoms in total. The first-order valence-corrected chi connectivity index (χ1v) is 29.2. The molecule has 1 saturated carbocycles. The number of sulfonamides is 4. The van der Waals surface area contributed by atoms with Crippen molar-refractivity contribution in [2.75, 3.05) is 52.4 Å². The van der Waals surface area contributed by atoms with Crippen LogP contribution in [0.5, 0.6) is 0 Å². The van der Waals surface area contributed by atoms with Crippen LogP contribution in [0.3, 0.4) is 0 Å². The van der Waals surface area contributed by atoms with Crippen LogP contribution >= 0.6 is 0 Å².